The first-order valence-corrected chi connectivity index (χ1v) is 11.1. The van der Waals surface area contributed by atoms with Crippen LogP contribution in [0.3, 0.4) is 0 Å². The van der Waals surface area contributed by atoms with Gasteiger partial charge < -0.3 is 19.6 Å². The Balaban J connectivity index is 1.50. The summed E-state index contributed by atoms with van der Waals surface area (Å²) in [7, 11) is 0. The molecule has 2 amide bonds. The number of hydrogen-bond acceptors (Lipinski definition) is 4. The molecule has 172 valence electrons. The van der Waals surface area contributed by atoms with Gasteiger partial charge in [0.25, 0.3) is 11.8 Å². The highest BCUT2D eigenvalue weighted by Crippen LogP contribution is 2.25. The van der Waals surface area contributed by atoms with Crippen LogP contribution in [0.5, 0.6) is 0 Å². The van der Waals surface area contributed by atoms with Gasteiger partial charge in [-0.2, -0.15) is 0 Å². The van der Waals surface area contributed by atoms with Crippen molar-refractivity contribution in [2.75, 3.05) is 6.54 Å². The van der Waals surface area contributed by atoms with Gasteiger partial charge in [-0.25, -0.2) is 4.98 Å². The molecule has 0 saturated carbocycles. The standard InChI is InChI=1S/C26H23ClN4O3/c27-21-9-4-8-20(16-21)24-11-10-22(34-24)17-23(30-25(32)19-6-2-1-3-7-19)26(33)29-12-5-14-31-15-13-28-18-31/h1-4,6-11,13,15-18H,5,12,14H2,(H,29,33)(H,30,32)/b23-17+. The molecule has 8 heteroatoms. The molecule has 2 heterocycles. The molecule has 0 aliphatic heterocycles. The average Bonchev–Trinajstić information content (AvgIpc) is 3.54. The minimum Gasteiger partial charge on any atom is -0.457 e. The second-order valence-electron chi connectivity index (χ2n) is 7.50. The van der Waals surface area contributed by atoms with E-state index in [9.17, 15) is 9.59 Å². The number of carbonyl (C=O) groups excluding carboxylic acids is 2. The summed E-state index contributed by atoms with van der Waals surface area (Å²) in [5, 5.41) is 6.16. The van der Waals surface area contributed by atoms with Crippen LogP contribution in [0.4, 0.5) is 0 Å². The predicted molar refractivity (Wildman–Crippen MR) is 131 cm³/mol. The Hall–Kier alpha value is -4.10. The number of halogens is 1. The van der Waals surface area contributed by atoms with E-state index in [1.165, 1.54) is 6.08 Å². The van der Waals surface area contributed by atoms with Crippen LogP contribution in [0.15, 0.2) is 95.6 Å². The number of hydrogen-bond donors (Lipinski definition) is 2. The second kappa shape index (κ2) is 11.2. The lowest BCUT2D eigenvalue weighted by atomic mass is 10.2. The summed E-state index contributed by atoms with van der Waals surface area (Å²) in [6, 6.07) is 19.5. The third-order valence-electron chi connectivity index (χ3n) is 4.99. The molecule has 7 nitrogen and oxygen atoms in total. The molecule has 2 aromatic heterocycles. The molecule has 0 aliphatic carbocycles. The number of imidazole rings is 1. The van der Waals surface area contributed by atoms with Gasteiger partial charge in [0.2, 0.25) is 0 Å². The number of amides is 2. The Kier molecular flexibility index (Phi) is 7.57. The fourth-order valence-corrected chi connectivity index (χ4v) is 3.48. The van der Waals surface area contributed by atoms with Crippen molar-refractivity contribution in [3.05, 3.63) is 107 Å². The van der Waals surface area contributed by atoms with E-state index in [1.54, 1.807) is 61.1 Å². The Morgan fingerprint density at radius 1 is 1.06 bits per heavy atom. The number of nitrogens with zero attached hydrogens (tertiary/aromatic N) is 2. The highest BCUT2D eigenvalue weighted by Gasteiger charge is 2.15. The molecule has 2 aromatic carbocycles. The van der Waals surface area contributed by atoms with Crippen LogP contribution >= 0.6 is 11.6 Å². The fourth-order valence-electron chi connectivity index (χ4n) is 3.29. The fraction of sp³-hybridized carbons (Fsp3) is 0.115. The van der Waals surface area contributed by atoms with Gasteiger partial charge in [-0.05, 0) is 42.8 Å². The monoisotopic (exact) mass is 474 g/mol. The molecule has 4 rings (SSSR count). The predicted octanol–water partition coefficient (Wildman–Crippen LogP) is 4.77. The van der Waals surface area contributed by atoms with E-state index in [0.29, 0.717) is 35.1 Å². The molecule has 0 atom stereocenters. The van der Waals surface area contributed by atoms with E-state index < -0.39 is 5.91 Å². The smallest absolute Gasteiger partial charge is 0.267 e. The zero-order valence-corrected chi connectivity index (χ0v) is 19.0. The van der Waals surface area contributed by atoms with E-state index in [4.69, 9.17) is 16.0 Å². The van der Waals surface area contributed by atoms with Crippen molar-refractivity contribution in [1.29, 1.82) is 0 Å². The van der Waals surface area contributed by atoms with Gasteiger partial charge in [0, 0.05) is 47.7 Å². The Morgan fingerprint density at radius 2 is 1.91 bits per heavy atom. The van der Waals surface area contributed by atoms with Gasteiger partial charge in [-0.1, -0.05) is 41.9 Å². The van der Waals surface area contributed by atoms with Crippen LogP contribution in [0.2, 0.25) is 5.02 Å². The lowest BCUT2D eigenvalue weighted by Crippen LogP contribution is -2.35. The molecule has 4 aromatic rings. The minimum atomic E-state index is -0.407. The maximum absolute atomic E-state index is 12.9. The normalized spacial score (nSPS) is 11.3. The maximum atomic E-state index is 12.9. The summed E-state index contributed by atoms with van der Waals surface area (Å²) in [5.74, 6) is 0.229. The molecule has 0 fully saturated rings. The van der Waals surface area contributed by atoms with Crippen molar-refractivity contribution in [1.82, 2.24) is 20.2 Å². The second-order valence-corrected chi connectivity index (χ2v) is 7.94. The van der Waals surface area contributed by atoms with Crippen LogP contribution in [0, 0.1) is 0 Å². The van der Waals surface area contributed by atoms with Crippen molar-refractivity contribution in [3.63, 3.8) is 0 Å². The lowest BCUT2D eigenvalue weighted by Gasteiger charge is -2.11. The largest absolute Gasteiger partial charge is 0.457 e. The Bertz CT molecular complexity index is 1280. The number of benzene rings is 2. The average molecular weight is 475 g/mol. The number of carbonyl (C=O) groups is 2. The number of aryl methyl sites for hydroxylation is 1. The SMILES string of the molecule is O=C(NCCCn1ccnc1)/C(=C\c1ccc(-c2cccc(Cl)c2)o1)NC(=O)c1ccccc1. The van der Waals surface area contributed by atoms with Crippen molar-refractivity contribution < 1.29 is 14.0 Å². The van der Waals surface area contributed by atoms with Gasteiger partial charge in [-0.15, -0.1) is 0 Å². The molecule has 0 spiro atoms. The molecular weight excluding hydrogens is 452 g/mol. The van der Waals surface area contributed by atoms with E-state index >= 15 is 0 Å². The van der Waals surface area contributed by atoms with E-state index in [1.807, 2.05) is 29.0 Å². The molecular formula is C26H23ClN4O3. The highest BCUT2D eigenvalue weighted by molar-refractivity contribution is 6.30. The molecule has 2 N–H and O–H groups in total. The first-order valence-electron chi connectivity index (χ1n) is 10.8. The first kappa shape index (κ1) is 23.1. The van der Waals surface area contributed by atoms with Crippen LogP contribution in [-0.2, 0) is 11.3 Å². The van der Waals surface area contributed by atoms with Crippen LogP contribution in [0.25, 0.3) is 17.4 Å². The summed E-state index contributed by atoms with van der Waals surface area (Å²) in [4.78, 5) is 29.6. The zero-order valence-electron chi connectivity index (χ0n) is 18.3. The summed E-state index contributed by atoms with van der Waals surface area (Å²) in [6.07, 6.45) is 7.52. The van der Waals surface area contributed by atoms with E-state index in [0.717, 1.165) is 12.1 Å². The molecule has 0 radical (unpaired) electrons. The summed E-state index contributed by atoms with van der Waals surface area (Å²) >= 11 is 6.08. The summed E-state index contributed by atoms with van der Waals surface area (Å²) in [5.41, 5.74) is 1.34. The number of aromatic nitrogens is 2. The minimum absolute atomic E-state index is 0.0866. The summed E-state index contributed by atoms with van der Waals surface area (Å²) < 4.78 is 7.82. The van der Waals surface area contributed by atoms with Crippen LogP contribution in [0.1, 0.15) is 22.5 Å². The topological polar surface area (TPSA) is 89.2 Å². The van der Waals surface area contributed by atoms with Crippen molar-refractivity contribution >= 4 is 29.5 Å². The van der Waals surface area contributed by atoms with Crippen molar-refractivity contribution in [2.45, 2.75) is 13.0 Å². The Labute approximate surface area is 202 Å². The third kappa shape index (κ3) is 6.24. The van der Waals surface area contributed by atoms with Crippen LogP contribution < -0.4 is 10.6 Å². The van der Waals surface area contributed by atoms with Crippen molar-refractivity contribution in [3.8, 4) is 11.3 Å². The molecule has 0 saturated heterocycles. The maximum Gasteiger partial charge on any atom is 0.267 e. The number of nitrogens with one attached hydrogen (secondary N) is 2. The van der Waals surface area contributed by atoms with E-state index in [-0.39, 0.29) is 11.6 Å². The third-order valence-corrected chi connectivity index (χ3v) is 5.22. The molecule has 34 heavy (non-hydrogen) atoms. The quantitative estimate of drug-likeness (QED) is 0.270. The van der Waals surface area contributed by atoms with E-state index in [2.05, 4.69) is 15.6 Å². The number of rotatable bonds is 9. The first-order chi connectivity index (χ1) is 16.6. The van der Waals surface area contributed by atoms with Gasteiger partial charge >= 0.3 is 0 Å². The zero-order chi connectivity index (χ0) is 23.8. The van der Waals surface area contributed by atoms with Crippen molar-refractivity contribution in [2.24, 2.45) is 0 Å². The molecule has 0 bridgehead atoms. The number of furan rings is 1. The highest BCUT2D eigenvalue weighted by atomic mass is 35.5. The van der Waals surface area contributed by atoms with Gasteiger partial charge in [-0.3, -0.25) is 9.59 Å². The van der Waals surface area contributed by atoms with Gasteiger partial charge in [0.15, 0.2) is 0 Å². The lowest BCUT2D eigenvalue weighted by molar-refractivity contribution is -0.117. The molecule has 0 unspecified atom stereocenters. The van der Waals surface area contributed by atoms with Gasteiger partial charge in [0.1, 0.15) is 17.2 Å². The van der Waals surface area contributed by atoms with Crippen LogP contribution in [-0.4, -0.2) is 27.9 Å². The molecule has 0 aliphatic rings. The Morgan fingerprint density at radius 3 is 2.68 bits per heavy atom. The van der Waals surface area contributed by atoms with Gasteiger partial charge in [0.05, 0.1) is 6.33 Å². The summed E-state index contributed by atoms with van der Waals surface area (Å²) in [6.45, 7) is 1.15.